The van der Waals surface area contributed by atoms with E-state index in [2.05, 4.69) is 59.4 Å². The Balaban J connectivity index is 1.59. The Morgan fingerprint density at radius 3 is 2.78 bits per heavy atom. The zero-order valence-electron chi connectivity index (χ0n) is 18.9. The van der Waals surface area contributed by atoms with Crippen LogP contribution in [0.3, 0.4) is 0 Å². The maximum Gasteiger partial charge on any atom is 0.318 e. The van der Waals surface area contributed by atoms with E-state index in [1.807, 2.05) is 16.2 Å². The van der Waals surface area contributed by atoms with Crippen molar-refractivity contribution >= 4 is 17.4 Å². The van der Waals surface area contributed by atoms with E-state index in [4.69, 9.17) is 4.74 Å². The van der Waals surface area contributed by atoms with E-state index in [0.29, 0.717) is 19.7 Å². The monoisotopic (exact) mass is 449 g/mol. The predicted molar refractivity (Wildman–Crippen MR) is 129 cm³/mol. The number of hydrogen-bond acceptors (Lipinski definition) is 3. The highest BCUT2D eigenvalue weighted by Crippen LogP contribution is 2.43. The Bertz CT molecular complexity index is 1100. The number of carbonyl (C=O) groups is 1. The SMILES string of the molecule is COCCCNC(=O)N1Cc2c(sc3c2CCCC3)-n2cccc2C1c1ccc(C)cc1. The molecule has 2 aromatic heterocycles. The smallest absolute Gasteiger partial charge is 0.318 e. The molecule has 0 saturated heterocycles. The molecule has 0 bridgehead atoms. The fourth-order valence-electron chi connectivity index (χ4n) is 5.00. The number of aromatic nitrogens is 1. The second-order valence-corrected chi connectivity index (χ2v) is 9.90. The van der Waals surface area contributed by atoms with Crippen molar-refractivity contribution in [2.75, 3.05) is 20.3 Å². The van der Waals surface area contributed by atoms with Crippen molar-refractivity contribution in [3.8, 4) is 5.00 Å². The Labute approximate surface area is 194 Å². The number of hydrogen-bond donors (Lipinski definition) is 1. The van der Waals surface area contributed by atoms with Gasteiger partial charge < -0.3 is 19.5 Å². The first-order chi connectivity index (χ1) is 15.7. The molecule has 2 amide bonds. The Hall–Kier alpha value is -2.57. The normalized spacial score (nSPS) is 17.3. The lowest BCUT2D eigenvalue weighted by Gasteiger charge is -2.31. The molecule has 1 aliphatic heterocycles. The second kappa shape index (κ2) is 9.12. The molecule has 2 aliphatic rings. The highest BCUT2D eigenvalue weighted by atomic mass is 32.1. The first-order valence-electron chi connectivity index (χ1n) is 11.6. The van der Waals surface area contributed by atoms with Crippen LogP contribution in [0.2, 0.25) is 0 Å². The number of benzene rings is 1. The molecular weight excluding hydrogens is 418 g/mol. The van der Waals surface area contributed by atoms with E-state index in [9.17, 15) is 4.79 Å². The van der Waals surface area contributed by atoms with Crippen molar-refractivity contribution in [1.29, 1.82) is 0 Å². The summed E-state index contributed by atoms with van der Waals surface area (Å²) >= 11 is 1.92. The molecule has 1 unspecified atom stereocenters. The van der Waals surface area contributed by atoms with Crippen LogP contribution in [0, 0.1) is 6.92 Å². The third-order valence-electron chi connectivity index (χ3n) is 6.63. The first kappa shape index (κ1) is 21.3. The van der Waals surface area contributed by atoms with Gasteiger partial charge in [0.1, 0.15) is 5.00 Å². The summed E-state index contributed by atoms with van der Waals surface area (Å²) in [5, 5.41) is 4.45. The summed E-state index contributed by atoms with van der Waals surface area (Å²) in [4.78, 5) is 17.1. The molecule has 168 valence electrons. The number of nitrogens with one attached hydrogen (secondary N) is 1. The predicted octanol–water partition coefficient (Wildman–Crippen LogP) is 5.38. The Morgan fingerprint density at radius 1 is 1.16 bits per heavy atom. The summed E-state index contributed by atoms with van der Waals surface area (Å²) in [6.07, 6.45) is 7.75. The van der Waals surface area contributed by atoms with Gasteiger partial charge in [0, 0.05) is 36.9 Å². The summed E-state index contributed by atoms with van der Waals surface area (Å²) in [6, 6.07) is 12.7. The number of nitrogens with zero attached hydrogens (tertiary/aromatic N) is 2. The minimum Gasteiger partial charge on any atom is -0.385 e. The lowest BCUT2D eigenvalue weighted by molar-refractivity contribution is 0.174. The molecule has 3 aromatic rings. The molecule has 0 saturated carbocycles. The van der Waals surface area contributed by atoms with Crippen molar-refractivity contribution in [3.63, 3.8) is 0 Å². The quantitative estimate of drug-likeness (QED) is 0.532. The summed E-state index contributed by atoms with van der Waals surface area (Å²) in [6.45, 7) is 3.99. The van der Waals surface area contributed by atoms with E-state index in [0.717, 1.165) is 30.5 Å². The van der Waals surface area contributed by atoms with Gasteiger partial charge in [-0.05, 0) is 62.3 Å². The van der Waals surface area contributed by atoms with Gasteiger partial charge in [-0.25, -0.2) is 4.79 Å². The van der Waals surface area contributed by atoms with Crippen LogP contribution < -0.4 is 5.32 Å². The van der Waals surface area contributed by atoms with Crippen LogP contribution in [0.1, 0.15) is 58.1 Å². The van der Waals surface area contributed by atoms with E-state index in [1.54, 1.807) is 7.11 Å². The van der Waals surface area contributed by atoms with Gasteiger partial charge >= 0.3 is 6.03 Å². The molecule has 3 heterocycles. The fourth-order valence-corrected chi connectivity index (χ4v) is 6.40. The van der Waals surface area contributed by atoms with E-state index < -0.39 is 0 Å². The number of methoxy groups -OCH3 is 1. The summed E-state index contributed by atoms with van der Waals surface area (Å²) < 4.78 is 7.49. The highest BCUT2D eigenvalue weighted by Gasteiger charge is 2.35. The maximum absolute atomic E-state index is 13.6. The lowest BCUT2D eigenvalue weighted by Crippen LogP contribution is -2.42. The largest absolute Gasteiger partial charge is 0.385 e. The average molecular weight is 450 g/mol. The number of carbonyl (C=O) groups excluding carboxylic acids is 1. The molecule has 5 rings (SSSR count). The van der Waals surface area contributed by atoms with Crippen LogP contribution in [0.5, 0.6) is 0 Å². The minimum atomic E-state index is -0.133. The summed E-state index contributed by atoms with van der Waals surface area (Å²) in [5.41, 5.74) is 6.34. The molecule has 1 atom stereocenters. The molecule has 0 radical (unpaired) electrons. The third-order valence-corrected chi connectivity index (χ3v) is 7.97. The number of rotatable bonds is 5. The van der Waals surface area contributed by atoms with E-state index >= 15 is 0 Å². The van der Waals surface area contributed by atoms with Gasteiger partial charge in [-0.15, -0.1) is 11.3 Å². The van der Waals surface area contributed by atoms with Gasteiger partial charge in [-0.2, -0.15) is 0 Å². The average Bonchev–Trinajstić information content (AvgIpc) is 3.39. The Morgan fingerprint density at radius 2 is 1.97 bits per heavy atom. The molecule has 6 heteroatoms. The molecule has 1 aliphatic carbocycles. The maximum atomic E-state index is 13.6. The minimum absolute atomic E-state index is 0.0111. The van der Waals surface area contributed by atoms with Gasteiger partial charge in [-0.1, -0.05) is 29.8 Å². The van der Waals surface area contributed by atoms with Crippen molar-refractivity contribution < 1.29 is 9.53 Å². The van der Waals surface area contributed by atoms with Gasteiger partial charge in [-0.3, -0.25) is 0 Å². The fraction of sp³-hybridized carbons (Fsp3) is 0.423. The molecular formula is C26H31N3O2S. The third kappa shape index (κ3) is 3.86. The molecule has 0 fully saturated rings. The van der Waals surface area contributed by atoms with E-state index in [1.165, 1.54) is 39.4 Å². The number of fused-ring (bicyclic) bond motifs is 5. The van der Waals surface area contributed by atoms with Gasteiger partial charge in [0.15, 0.2) is 0 Å². The standard InChI is InChI=1S/C26H31N3O2S/c1-18-10-12-19(13-11-18)24-22-8-5-15-28(22)25-21(20-7-3-4-9-23(20)32-25)17-29(24)26(30)27-14-6-16-31-2/h5,8,10-13,15,24H,3-4,6-7,9,14,16-17H2,1-2H3,(H,27,30). The summed E-state index contributed by atoms with van der Waals surface area (Å²) in [5.74, 6) is 0. The molecule has 0 spiro atoms. The van der Waals surface area contributed by atoms with Crippen molar-refractivity contribution in [3.05, 3.63) is 75.4 Å². The van der Waals surface area contributed by atoms with Crippen LogP contribution in [0.15, 0.2) is 42.6 Å². The number of aryl methyl sites for hydroxylation is 2. The molecule has 1 aromatic carbocycles. The van der Waals surface area contributed by atoms with Crippen LogP contribution >= 0.6 is 11.3 Å². The van der Waals surface area contributed by atoms with Gasteiger partial charge in [0.05, 0.1) is 18.3 Å². The van der Waals surface area contributed by atoms with Crippen LogP contribution in [0.4, 0.5) is 4.79 Å². The van der Waals surface area contributed by atoms with Crippen LogP contribution in [0.25, 0.3) is 5.00 Å². The van der Waals surface area contributed by atoms with Crippen LogP contribution in [-0.4, -0.2) is 35.8 Å². The van der Waals surface area contributed by atoms with Crippen molar-refractivity contribution in [1.82, 2.24) is 14.8 Å². The van der Waals surface area contributed by atoms with Gasteiger partial charge in [0.2, 0.25) is 0 Å². The zero-order valence-corrected chi connectivity index (χ0v) is 19.7. The van der Waals surface area contributed by atoms with Crippen molar-refractivity contribution in [2.24, 2.45) is 0 Å². The lowest BCUT2D eigenvalue weighted by atomic mass is 9.95. The number of ether oxygens (including phenoxy) is 1. The Kier molecular flexibility index (Phi) is 6.07. The topological polar surface area (TPSA) is 46.5 Å². The highest BCUT2D eigenvalue weighted by molar-refractivity contribution is 7.15. The second-order valence-electron chi connectivity index (χ2n) is 8.82. The number of thiophene rings is 1. The van der Waals surface area contributed by atoms with Crippen LogP contribution in [-0.2, 0) is 24.1 Å². The first-order valence-corrected chi connectivity index (χ1v) is 12.4. The van der Waals surface area contributed by atoms with E-state index in [-0.39, 0.29) is 12.1 Å². The molecule has 1 N–H and O–H groups in total. The molecule has 5 nitrogen and oxygen atoms in total. The number of urea groups is 1. The van der Waals surface area contributed by atoms with Crippen molar-refractivity contribution in [2.45, 2.75) is 51.6 Å². The summed E-state index contributed by atoms with van der Waals surface area (Å²) in [7, 11) is 1.69. The van der Waals surface area contributed by atoms with Gasteiger partial charge in [0.25, 0.3) is 0 Å². The number of amides is 2. The zero-order chi connectivity index (χ0) is 22.1. The molecule has 32 heavy (non-hydrogen) atoms.